The van der Waals surface area contributed by atoms with Crippen LogP contribution in [0.4, 0.5) is 0 Å². The first-order chi connectivity index (χ1) is 9.11. The minimum Gasteiger partial charge on any atom is -0.388 e. The number of aliphatic hydroxyl groups is 1. The molecule has 1 aliphatic carbocycles. The molecule has 1 saturated carbocycles. The Hall–Kier alpha value is -1.61. The maximum absolute atomic E-state index is 11.6. The molecule has 102 valence electrons. The van der Waals surface area contributed by atoms with Gasteiger partial charge < -0.3 is 10.4 Å². The van der Waals surface area contributed by atoms with Crippen molar-refractivity contribution >= 4 is 12.0 Å². The molecule has 0 heterocycles. The molecule has 3 heteroatoms. The second kappa shape index (κ2) is 6.02. The number of carbonyl (C=O) groups is 1. The minimum atomic E-state index is -0.660. The Kier molecular flexibility index (Phi) is 4.38. The van der Waals surface area contributed by atoms with Crippen molar-refractivity contribution in [3.8, 4) is 0 Å². The summed E-state index contributed by atoms with van der Waals surface area (Å²) in [5.74, 6) is -0.153. The molecule has 1 fully saturated rings. The number of rotatable bonds is 5. The summed E-state index contributed by atoms with van der Waals surface area (Å²) in [4.78, 5) is 11.6. The maximum Gasteiger partial charge on any atom is 0.244 e. The summed E-state index contributed by atoms with van der Waals surface area (Å²) in [5.41, 5.74) is 1.63. The Morgan fingerprint density at radius 3 is 2.58 bits per heavy atom. The highest BCUT2D eigenvalue weighted by Gasteiger charge is 2.34. The molecule has 2 rings (SSSR count). The normalized spacial score (nSPS) is 17.2. The van der Waals surface area contributed by atoms with Gasteiger partial charge in [-0.3, -0.25) is 4.79 Å². The van der Waals surface area contributed by atoms with Gasteiger partial charge in [0.15, 0.2) is 0 Å². The molecule has 0 aromatic heterocycles. The van der Waals surface area contributed by atoms with Crippen molar-refractivity contribution in [2.24, 2.45) is 0 Å². The maximum atomic E-state index is 11.6. The van der Waals surface area contributed by atoms with E-state index in [1.807, 2.05) is 12.1 Å². The van der Waals surface area contributed by atoms with Crippen molar-refractivity contribution in [1.82, 2.24) is 5.32 Å². The van der Waals surface area contributed by atoms with E-state index in [0.29, 0.717) is 6.54 Å². The molecule has 1 aliphatic rings. The minimum absolute atomic E-state index is 0.153. The van der Waals surface area contributed by atoms with Gasteiger partial charge in [0.05, 0.1) is 5.60 Å². The van der Waals surface area contributed by atoms with Crippen molar-refractivity contribution in [3.05, 3.63) is 41.5 Å². The molecule has 0 atom stereocenters. The Labute approximate surface area is 114 Å². The molecular weight excluding hydrogens is 238 g/mol. The van der Waals surface area contributed by atoms with Gasteiger partial charge >= 0.3 is 0 Å². The van der Waals surface area contributed by atoms with Crippen molar-refractivity contribution in [2.75, 3.05) is 6.54 Å². The van der Waals surface area contributed by atoms with Gasteiger partial charge in [0.2, 0.25) is 5.91 Å². The van der Waals surface area contributed by atoms with Crippen LogP contribution in [0.15, 0.2) is 30.3 Å². The van der Waals surface area contributed by atoms with E-state index in [9.17, 15) is 9.90 Å². The molecule has 0 aliphatic heterocycles. The average Bonchev–Trinajstić information content (AvgIpc) is 2.41. The highest BCUT2D eigenvalue weighted by molar-refractivity contribution is 5.91. The third-order valence-electron chi connectivity index (χ3n) is 3.69. The van der Waals surface area contributed by atoms with Crippen LogP contribution in [0.2, 0.25) is 0 Å². The van der Waals surface area contributed by atoms with Crippen LogP contribution in [0.1, 0.15) is 37.3 Å². The summed E-state index contributed by atoms with van der Waals surface area (Å²) in [7, 11) is 0. The van der Waals surface area contributed by atoms with Crippen LogP contribution in [0.5, 0.6) is 0 Å². The van der Waals surface area contributed by atoms with Gasteiger partial charge in [0.1, 0.15) is 0 Å². The van der Waals surface area contributed by atoms with Gasteiger partial charge in [-0.15, -0.1) is 0 Å². The summed E-state index contributed by atoms with van der Waals surface area (Å²) >= 11 is 0. The van der Waals surface area contributed by atoms with E-state index >= 15 is 0 Å². The summed E-state index contributed by atoms with van der Waals surface area (Å²) in [6.07, 6.45) is 6.95. The van der Waals surface area contributed by atoms with Crippen LogP contribution >= 0.6 is 0 Å². The fourth-order valence-electron chi connectivity index (χ4n) is 2.11. The predicted octanol–water partition coefficient (Wildman–Crippen LogP) is 2.29. The lowest BCUT2D eigenvalue weighted by Crippen LogP contribution is -2.47. The Bertz CT molecular complexity index is 458. The Balaban J connectivity index is 1.81. The van der Waals surface area contributed by atoms with Gasteiger partial charge in [-0.1, -0.05) is 31.2 Å². The monoisotopic (exact) mass is 259 g/mol. The number of carbonyl (C=O) groups excluding carboxylic acids is 1. The van der Waals surface area contributed by atoms with Crippen molar-refractivity contribution in [1.29, 1.82) is 0 Å². The van der Waals surface area contributed by atoms with E-state index in [1.165, 1.54) is 11.6 Å². The van der Waals surface area contributed by atoms with Crippen LogP contribution in [0.3, 0.4) is 0 Å². The molecular formula is C16H21NO2. The highest BCUT2D eigenvalue weighted by atomic mass is 16.3. The van der Waals surface area contributed by atoms with E-state index in [1.54, 1.807) is 6.08 Å². The SMILES string of the molecule is CCc1ccc(/C=C/C(=O)NCC2(O)CCC2)cc1. The molecule has 2 N–H and O–H groups in total. The largest absolute Gasteiger partial charge is 0.388 e. The number of aryl methyl sites for hydroxylation is 1. The number of nitrogens with one attached hydrogen (secondary N) is 1. The molecule has 0 radical (unpaired) electrons. The first-order valence-electron chi connectivity index (χ1n) is 6.88. The van der Waals surface area contributed by atoms with Gasteiger partial charge in [-0.05, 0) is 42.9 Å². The smallest absolute Gasteiger partial charge is 0.244 e. The molecule has 0 saturated heterocycles. The second-order valence-electron chi connectivity index (χ2n) is 5.22. The molecule has 3 nitrogen and oxygen atoms in total. The van der Waals surface area contributed by atoms with Crippen molar-refractivity contribution < 1.29 is 9.90 Å². The van der Waals surface area contributed by atoms with Crippen LogP contribution in [0, 0.1) is 0 Å². The topological polar surface area (TPSA) is 49.3 Å². The second-order valence-corrected chi connectivity index (χ2v) is 5.22. The summed E-state index contributed by atoms with van der Waals surface area (Å²) < 4.78 is 0. The molecule has 0 unspecified atom stereocenters. The van der Waals surface area contributed by atoms with E-state index in [2.05, 4.69) is 24.4 Å². The standard InChI is InChI=1S/C16H21NO2/c1-2-13-4-6-14(7-5-13)8-9-15(18)17-12-16(19)10-3-11-16/h4-9,19H,2-3,10-12H2,1H3,(H,17,18)/b9-8+. The summed E-state index contributed by atoms with van der Waals surface area (Å²) in [6.45, 7) is 2.47. The van der Waals surface area contributed by atoms with E-state index in [4.69, 9.17) is 0 Å². The zero-order valence-electron chi connectivity index (χ0n) is 11.4. The summed E-state index contributed by atoms with van der Waals surface area (Å²) in [6, 6.07) is 8.13. The lowest BCUT2D eigenvalue weighted by Gasteiger charge is -2.36. The average molecular weight is 259 g/mol. The molecule has 0 spiro atoms. The fourth-order valence-corrected chi connectivity index (χ4v) is 2.11. The predicted molar refractivity (Wildman–Crippen MR) is 76.7 cm³/mol. The molecule has 19 heavy (non-hydrogen) atoms. The third-order valence-corrected chi connectivity index (χ3v) is 3.69. The lowest BCUT2D eigenvalue weighted by atomic mass is 9.80. The van der Waals surface area contributed by atoms with Crippen molar-refractivity contribution in [3.63, 3.8) is 0 Å². The van der Waals surface area contributed by atoms with Gasteiger partial charge in [-0.2, -0.15) is 0 Å². The molecule has 0 bridgehead atoms. The van der Waals surface area contributed by atoms with Crippen LogP contribution < -0.4 is 5.32 Å². The van der Waals surface area contributed by atoms with E-state index in [0.717, 1.165) is 31.2 Å². The molecule has 1 amide bonds. The Morgan fingerprint density at radius 1 is 1.37 bits per heavy atom. The van der Waals surface area contributed by atoms with Crippen molar-refractivity contribution in [2.45, 2.75) is 38.2 Å². The van der Waals surface area contributed by atoms with Gasteiger partial charge in [-0.25, -0.2) is 0 Å². The zero-order chi connectivity index (χ0) is 13.7. The summed E-state index contributed by atoms with van der Waals surface area (Å²) in [5, 5.41) is 12.6. The molecule has 1 aromatic carbocycles. The van der Waals surface area contributed by atoms with E-state index < -0.39 is 5.60 Å². The fraction of sp³-hybridized carbons (Fsp3) is 0.438. The quantitative estimate of drug-likeness (QED) is 0.797. The number of hydrogen-bond donors (Lipinski definition) is 2. The third kappa shape index (κ3) is 3.93. The molecule has 1 aromatic rings. The van der Waals surface area contributed by atoms with Gasteiger partial charge in [0, 0.05) is 12.6 Å². The first kappa shape index (κ1) is 13.8. The van der Waals surface area contributed by atoms with Crippen LogP contribution in [0.25, 0.3) is 6.08 Å². The Morgan fingerprint density at radius 2 is 2.05 bits per heavy atom. The lowest BCUT2D eigenvalue weighted by molar-refractivity contribution is -0.118. The number of hydrogen-bond acceptors (Lipinski definition) is 2. The number of benzene rings is 1. The van der Waals surface area contributed by atoms with E-state index in [-0.39, 0.29) is 5.91 Å². The van der Waals surface area contributed by atoms with Gasteiger partial charge in [0.25, 0.3) is 0 Å². The highest BCUT2D eigenvalue weighted by Crippen LogP contribution is 2.30. The van der Waals surface area contributed by atoms with Crippen LogP contribution in [-0.2, 0) is 11.2 Å². The first-order valence-corrected chi connectivity index (χ1v) is 6.88. The number of amides is 1. The zero-order valence-corrected chi connectivity index (χ0v) is 11.4. The van der Waals surface area contributed by atoms with Crippen LogP contribution in [-0.4, -0.2) is 23.2 Å².